The van der Waals surface area contributed by atoms with E-state index < -0.39 is 0 Å². The first-order valence-corrected chi connectivity index (χ1v) is 8.09. The molecule has 1 heterocycles. The van der Waals surface area contributed by atoms with Gasteiger partial charge in [0, 0.05) is 10.5 Å². The van der Waals surface area contributed by atoms with Gasteiger partial charge in [-0.05, 0) is 69.6 Å². The third-order valence-corrected chi connectivity index (χ3v) is 5.02. The van der Waals surface area contributed by atoms with Crippen LogP contribution in [0.5, 0.6) is 0 Å². The molecule has 0 bridgehead atoms. The van der Waals surface area contributed by atoms with Crippen molar-refractivity contribution in [3.8, 4) is 0 Å². The van der Waals surface area contributed by atoms with Gasteiger partial charge in [0.25, 0.3) is 0 Å². The molecular weight excluding hydrogens is 300 g/mol. The molecule has 1 aliphatic heterocycles. The molecule has 0 saturated carbocycles. The highest BCUT2D eigenvalue weighted by Crippen LogP contribution is 2.36. The molecule has 106 valence electrons. The van der Waals surface area contributed by atoms with Crippen molar-refractivity contribution in [1.29, 1.82) is 0 Å². The van der Waals surface area contributed by atoms with Crippen LogP contribution in [-0.4, -0.2) is 31.6 Å². The molecule has 2 rings (SSSR count). The Morgan fingerprint density at radius 2 is 2.21 bits per heavy atom. The van der Waals surface area contributed by atoms with E-state index in [-0.39, 0.29) is 0 Å². The second-order valence-corrected chi connectivity index (χ2v) is 6.54. The third-order valence-electron chi connectivity index (χ3n) is 4.13. The Bertz CT molecular complexity index is 419. The summed E-state index contributed by atoms with van der Waals surface area (Å²) < 4.78 is 1.21. The molecule has 0 aromatic heterocycles. The summed E-state index contributed by atoms with van der Waals surface area (Å²) in [5.74, 6) is 0.733. The van der Waals surface area contributed by atoms with Gasteiger partial charge in [0.1, 0.15) is 0 Å². The number of likely N-dealkylation sites (tertiary alicyclic amines) is 1. The lowest BCUT2D eigenvalue weighted by atomic mass is 9.93. The van der Waals surface area contributed by atoms with Crippen molar-refractivity contribution in [2.45, 2.75) is 32.7 Å². The number of nitrogens with one attached hydrogen (secondary N) is 1. The Balaban J connectivity index is 2.11. The van der Waals surface area contributed by atoms with Crippen LogP contribution in [0.15, 0.2) is 22.7 Å². The number of hydrogen-bond donors (Lipinski definition) is 1. The summed E-state index contributed by atoms with van der Waals surface area (Å²) in [6, 6.07) is 7.36. The number of rotatable bonds is 5. The first-order valence-electron chi connectivity index (χ1n) is 7.30. The van der Waals surface area contributed by atoms with Gasteiger partial charge in [0.2, 0.25) is 0 Å². The molecule has 2 atom stereocenters. The summed E-state index contributed by atoms with van der Waals surface area (Å²) in [7, 11) is 2.25. The zero-order valence-corrected chi connectivity index (χ0v) is 13.8. The van der Waals surface area contributed by atoms with Crippen molar-refractivity contribution < 1.29 is 0 Å². The minimum atomic E-state index is 0.566. The Kier molecular flexibility index (Phi) is 5.43. The highest BCUT2D eigenvalue weighted by molar-refractivity contribution is 9.10. The first-order chi connectivity index (χ1) is 9.13. The molecule has 1 N–H and O–H groups in total. The Morgan fingerprint density at radius 3 is 2.89 bits per heavy atom. The lowest BCUT2D eigenvalue weighted by Crippen LogP contribution is -2.29. The summed E-state index contributed by atoms with van der Waals surface area (Å²) in [5.41, 5.74) is 2.79. The van der Waals surface area contributed by atoms with Crippen LogP contribution in [0.3, 0.4) is 0 Å². The maximum atomic E-state index is 3.59. The largest absolute Gasteiger partial charge is 0.316 e. The first kappa shape index (κ1) is 15.0. The predicted molar refractivity (Wildman–Crippen MR) is 85.5 cm³/mol. The second kappa shape index (κ2) is 6.87. The second-order valence-electron chi connectivity index (χ2n) is 5.69. The molecule has 19 heavy (non-hydrogen) atoms. The summed E-state index contributed by atoms with van der Waals surface area (Å²) in [4.78, 5) is 2.50. The van der Waals surface area contributed by atoms with Gasteiger partial charge < -0.3 is 5.32 Å². The molecule has 1 fully saturated rings. The van der Waals surface area contributed by atoms with Gasteiger partial charge in [0.05, 0.1) is 0 Å². The average molecular weight is 325 g/mol. The van der Waals surface area contributed by atoms with Gasteiger partial charge in [-0.1, -0.05) is 35.0 Å². The van der Waals surface area contributed by atoms with Crippen LogP contribution in [0.25, 0.3) is 0 Å². The smallest absolute Gasteiger partial charge is 0.0385 e. The van der Waals surface area contributed by atoms with E-state index in [9.17, 15) is 0 Å². The minimum Gasteiger partial charge on any atom is -0.316 e. The van der Waals surface area contributed by atoms with Crippen molar-refractivity contribution in [3.05, 3.63) is 33.8 Å². The molecular formula is C16H25BrN2. The van der Waals surface area contributed by atoms with E-state index in [1.807, 2.05) is 0 Å². The Hall–Kier alpha value is -0.380. The van der Waals surface area contributed by atoms with E-state index in [2.05, 4.69) is 65.2 Å². The number of hydrogen-bond acceptors (Lipinski definition) is 2. The number of halogens is 1. The van der Waals surface area contributed by atoms with Gasteiger partial charge in [-0.3, -0.25) is 4.90 Å². The van der Waals surface area contributed by atoms with Crippen molar-refractivity contribution in [1.82, 2.24) is 10.2 Å². The zero-order valence-electron chi connectivity index (χ0n) is 12.2. The maximum Gasteiger partial charge on any atom is 0.0385 e. The van der Waals surface area contributed by atoms with Crippen LogP contribution in [-0.2, 0) is 0 Å². The summed E-state index contributed by atoms with van der Waals surface area (Å²) in [6.45, 7) is 7.87. The zero-order chi connectivity index (χ0) is 13.8. The average Bonchev–Trinajstić information content (AvgIpc) is 2.75. The highest BCUT2D eigenvalue weighted by atomic mass is 79.9. The third kappa shape index (κ3) is 3.59. The number of benzene rings is 1. The van der Waals surface area contributed by atoms with Crippen LogP contribution in [0, 0.1) is 12.8 Å². The topological polar surface area (TPSA) is 15.3 Å². The van der Waals surface area contributed by atoms with Gasteiger partial charge in [-0.15, -0.1) is 0 Å². The van der Waals surface area contributed by atoms with E-state index in [1.165, 1.54) is 35.0 Å². The van der Waals surface area contributed by atoms with Gasteiger partial charge in [-0.2, -0.15) is 0 Å². The minimum absolute atomic E-state index is 0.566. The molecule has 2 nitrogen and oxygen atoms in total. The van der Waals surface area contributed by atoms with Crippen molar-refractivity contribution in [3.63, 3.8) is 0 Å². The molecule has 1 aromatic carbocycles. The maximum absolute atomic E-state index is 3.59. The number of aryl methyl sites for hydroxylation is 1. The molecule has 0 amide bonds. The fraction of sp³-hybridized carbons (Fsp3) is 0.625. The predicted octanol–water partition coefficient (Wildman–Crippen LogP) is 3.75. The van der Waals surface area contributed by atoms with Crippen LogP contribution in [0.4, 0.5) is 0 Å². The van der Waals surface area contributed by atoms with Gasteiger partial charge in [-0.25, -0.2) is 0 Å². The molecule has 1 aliphatic rings. The van der Waals surface area contributed by atoms with Crippen LogP contribution in [0.2, 0.25) is 0 Å². The van der Waals surface area contributed by atoms with E-state index in [0.29, 0.717) is 6.04 Å². The molecule has 3 heteroatoms. The van der Waals surface area contributed by atoms with Crippen LogP contribution >= 0.6 is 15.9 Å². The fourth-order valence-electron chi connectivity index (χ4n) is 3.08. The van der Waals surface area contributed by atoms with Crippen LogP contribution in [0.1, 0.15) is 36.9 Å². The van der Waals surface area contributed by atoms with E-state index in [4.69, 9.17) is 0 Å². The standard InChI is InChI=1S/C16H25BrN2/c1-4-8-18-11-14-7-9-19(3)16(14)13-5-6-15(17)12(2)10-13/h5-6,10,14,16,18H,4,7-9,11H2,1-3H3. The Labute approximate surface area is 125 Å². The summed E-state index contributed by atoms with van der Waals surface area (Å²) in [6.07, 6.45) is 2.51. The molecule has 0 radical (unpaired) electrons. The van der Waals surface area contributed by atoms with E-state index in [1.54, 1.807) is 0 Å². The number of nitrogens with zero attached hydrogens (tertiary/aromatic N) is 1. The monoisotopic (exact) mass is 324 g/mol. The van der Waals surface area contributed by atoms with Crippen molar-refractivity contribution >= 4 is 15.9 Å². The SMILES string of the molecule is CCCNCC1CCN(C)C1c1ccc(Br)c(C)c1. The summed E-state index contributed by atoms with van der Waals surface area (Å²) >= 11 is 3.59. The molecule has 2 unspecified atom stereocenters. The normalized spacial score (nSPS) is 24.0. The van der Waals surface area contributed by atoms with Crippen molar-refractivity contribution in [2.75, 3.05) is 26.7 Å². The molecule has 0 aliphatic carbocycles. The van der Waals surface area contributed by atoms with Gasteiger partial charge in [0.15, 0.2) is 0 Å². The van der Waals surface area contributed by atoms with Crippen LogP contribution < -0.4 is 5.32 Å². The highest BCUT2D eigenvalue weighted by Gasteiger charge is 2.32. The molecule has 0 spiro atoms. The van der Waals surface area contributed by atoms with Gasteiger partial charge >= 0.3 is 0 Å². The lowest BCUT2D eigenvalue weighted by Gasteiger charge is -2.26. The molecule has 1 saturated heterocycles. The van der Waals surface area contributed by atoms with Crippen molar-refractivity contribution in [2.24, 2.45) is 5.92 Å². The quantitative estimate of drug-likeness (QED) is 0.830. The van der Waals surface area contributed by atoms with E-state index in [0.717, 1.165) is 19.0 Å². The Morgan fingerprint density at radius 1 is 1.42 bits per heavy atom. The van der Waals surface area contributed by atoms with E-state index >= 15 is 0 Å². The lowest BCUT2D eigenvalue weighted by molar-refractivity contribution is 0.272. The molecule has 1 aromatic rings. The fourth-order valence-corrected chi connectivity index (χ4v) is 3.33. The summed E-state index contributed by atoms with van der Waals surface area (Å²) in [5, 5.41) is 3.59.